The van der Waals surface area contributed by atoms with Crippen LogP contribution in [0.3, 0.4) is 0 Å². The third-order valence-electron chi connectivity index (χ3n) is 2.97. The highest BCUT2D eigenvalue weighted by molar-refractivity contribution is 5.77. The standard InChI is InChI=1S/C14H22N2O/c1-4-17-13-7-5-6-12-14(13)15-9-11(16-12)8-10(2)3/h5-7,10-11,15-16H,4,8-9H2,1-3H3. The maximum atomic E-state index is 5.62. The predicted molar refractivity (Wildman–Crippen MR) is 73.0 cm³/mol. The lowest BCUT2D eigenvalue weighted by Crippen LogP contribution is -2.34. The summed E-state index contributed by atoms with van der Waals surface area (Å²) in [5, 5.41) is 7.07. The minimum absolute atomic E-state index is 0.513. The minimum Gasteiger partial charge on any atom is -0.492 e. The number of anilines is 2. The summed E-state index contributed by atoms with van der Waals surface area (Å²) in [5.74, 6) is 1.66. The van der Waals surface area contributed by atoms with E-state index < -0.39 is 0 Å². The molecule has 1 heterocycles. The number of ether oxygens (including phenoxy) is 1. The molecule has 3 nitrogen and oxygen atoms in total. The number of hydrogen-bond acceptors (Lipinski definition) is 3. The van der Waals surface area contributed by atoms with Crippen molar-refractivity contribution in [2.45, 2.75) is 33.2 Å². The zero-order valence-corrected chi connectivity index (χ0v) is 10.9. The summed E-state index contributed by atoms with van der Waals surface area (Å²) in [4.78, 5) is 0. The van der Waals surface area contributed by atoms with Gasteiger partial charge in [-0.15, -0.1) is 0 Å². The summed E-state index contributed by atoms with van der Waals surface area (Å²) in [6, 6.07) is 6.67. The summed E-state index contributed by atoms with van der Waals surface area (Å²) < 4.78 is 5.62. The van der Waals surface area contributed by atoms with Crippen LogP contribution in [0.1, 0.15) is 27.2 Å². The van der Waals surface area contributed by atoms with E-state index in [1.54, 1.807) is 0 Å². The van der Waals surface area contributed by atoms with Crippen LogP contribution in [0.2, 0.25) is 0 Å². The molecule has 1 aliphatic heterocycles. The van der Waals surface area contributed by atoms with Gasteiger partial charge < -0.3 is 15.4 Å². The Morgan fingerprint density at radius 2 is 2.24 bits per heavy atom. The third kappa shape index (κ3) is 2.84. The highest BCUT2D eigenvalue weighted by atomic mass is 16.5. The molecule has 1 aliphatic rings. The Labute approximate surface area is 104 Å². The molecule has 0 radical (unpaired) electrons. The van der Waals surface area contributed by atoms with Crippen LogP contribution in [0, 0.1) is 5.92 Å². The largest absolute Gasteiger partial charge is 0.492 e. The number of para-hydroxylation sites is 1. The molecule has 1 aromatic carbocycles. The molecule has 94 valence electrons. The number of hydrogen-bond donors (Lipinski definition) is 2. The van der Waals surface area contributed by atoms with Gasteiger partial charge in [0.25, 0.3) is 0 Å². The van der Waals surface area contributed by atoms with E-state index in [1.165, 1.54) is 6.42 Å². The molecule has 0 bridgehead atoms. The van der Waals surface area contributed by atoms with Crippen LogP contribution in [0.4, 0.5) is 11.4 Å². The van der Waals surface area contributed by atoms with Crippen molar-refractivity contribution in [3.05, 3.63) is 18.2 Å². The van der Waals surface area contributed by atoms with Gasteiger partial charge in [-0.3, -0.25) is 0 Å². The Morgan fingerprint density at radius 3 is 2.94 bits per heavy atom. The van der Waals surface area contributed by atoms with Crippen molar-refractivity contribution in [3.8, 4) is 5.75 Å². The van der Waals surface area contributed by atoms with E-state index in [0.717, 1.165) is 23.7 Å². The zero-order valence-electron chi connectivity index (χ0n) is 10.9. The first kappa shape index (κ1) is 12.1. The van der Waals surface area contributed by atoms with E-state index in [0.29, 0.717) is 18.6 Å². The van der Waals surface area contributed by atoms with E-state index >= 15 is 0 Å². The predicted octanol–water partition coefficient (Wildman–Crippen LogP) is 3.34. The van der Waals surface area contributed by atoms with Crippen molar-refractivity contribution < 1.29 is 4.74 Å². The van der Waals surface area contributed by atoms with Crippen molar-refractivity contribution in [3.63, 3.8) is 0 Å². The Hall–Kier alpha value is -1.38. The van der Waals surface area contributed by atoms with Gasteiger partial charge in [0.2, 0.25) is 0 Å². The summed E-state index contributed by atoms with van der Waals surface area (Å²) >= 11 is 0. The fraction of sp³-hybridized carbons (Fsp3) is 0.571. The lowest BCUT2D eigenvalue weighted by atomic mass is 10.0. The molecule has 0 fully saturated rings. The quantitative estimate of drug-likeness (QED) is 0.838. The maximum absolute atomic E-state index is 5.62. The second-order valence-electron chi connectivity index (χ2n) is 4.96. The Kier molecular flexibility index (Phi) is 3.77. The number of fused-ring (bicyclic) bond motifs is 1. The van der Waals surface area contributed by atoms with E-state index in [9.17, 15) is 0 Å². The molecule has 0 spiro atoms. The topological polar surface area (TPSA) is 33.3 Å². The molecule has 0 saturated heterocycles. The van der Waals surface area contributed by atoms with Crippen LogP contribution in [-0.4, -0.2) is 19.2 Å². The van der Waals surface area contributed by atoms with Gasteiger partial charge in [-0.25, -0.2) is 0 Å². The van der Waals surface area contributed by atoms with Crippen molar-refractivity contribution in [2.24, 2.45) is 5.92 Å². The minimum atomic E-state index is 0.513. The summed E-state index contributed by atoms with van der Waals surface area (Å²) in [5.41, 5.74) is 2.27. The van der Waals surface area contributed by atoms with E-state index in [-0.39, 0.29) is 0 Å². The lowest BCUT2D eigenvalue weighted by Gasteiger charge is -2.30. The monoisotopic (exact) mass is 234 g/mol. The highest BCUT2D eigenvalue weighted by Gasteiger charge is 2.20. The molecular weight excluding hydrogens is 212 g/mol. The number of benzene rings is 1. The van der Waals surface area contributed by atoms with Crippen molar-refractivity contribution in [2.75, 3.05) is 23.8 Å². The van der Waals surface area contributed by atoms with Gasteiger partial charge in [-0.05, 0) is 31.4 Å². The van der Waals surface area contributed by atoms with Crippen LogP contribution in [0.25, 0.3) is 0 Å². The third-order valence-corrected chi connectivity index (χ3v) is 2.97. The van der Waals surface area contributed by atoms with Crippen LogP contribution in [0.15, 0.2) is 18.2 Å². The fourth-order valence-electron chi connectivity index (χ4n) is 2.32. The number of rotatable bonds is 4. The highest BCUT2D eigenvalue weighted by Crippen LogP contribution is 2.36. The molecular formula is C14H22N2O. The van der Waals surface area contributed by atoms with E-state index in [1.807, 2.05) is 19.1 Å². The Morgan fingerprint density at radius 1 is 1.41 bits per heavy atom. The molecule has 0 saturated carbocycles. The van der Waals surface area contributed by atoms with Crippen LogP contribution in [0.5, 0.6) is 5.75 Å². The van der Waals surface area contributed by atoms with Gasteiger partial charge >= 0.3 is 0 Å². The first-order valence-corrected chi connectivity index (χ1v) is 6.47. The van der Waals surface area contributed by atoms with Gasteiger partial charge in [0.05, 0.1) is 12.3 Å². The second-order valence-corrected chi connectivity index (χ2v) is 4.96. The smallest absolute Gasteiger partial charge is 0.144 e. The van der Waals surface area contributed by atoms with Gasteiger partial charge in [-0.2, -0.15) is 0 Å². The average molecular weight is 234 g/mol. The first-order chi connectivity index (χ1) is 8.20. The molecule has 1 unspecified atom stereocenters. The number of nitrogens with one attached hydrogen (secondary N) is 2. The summed E-state index contributed by atoms with van der Waals surface area (Å²) in [6.45, 7) is 8.20. The van der Waals surface area contributed by atoms with Crippen LogP contribution in [-0.2, 0) is 0 Å². The van der Waals surface area contributed by atoms with Crippen LogP contribution >= 0.6 is 0 Å². The first-order valence-electron chi connectivity index (χ1n) is 6.47. The fourth-order valence-corrected chi connectivity index (χ4v) is 2.32. The maximum Gasteiger partial charge on any atom is 0.144 e. The molecule has 0 aliphatic carbocycles. The zero-order chi connectivity index (χ0) is 12.3. The molecule has 2 N–H and O–H groups in total. The SMILES string of the molecule is CCOc1cccc2c1NCC(CC(C)C)N2. The molecule has 1 atom stereocenters. The Bertz CT molecular complexity index is 376. The normalized spacial score (nSPS) is 18.2. The molecule has 2 rings (SSSR count). The van der Waals surface area contributed by atoms with Crippen molar-refractivity contribution in [1.82, 2.24) is 0 Å². The van der Waals surface area contributed by atoms with E-state index in [2.05, 4.69) is 30.5 Å². The van der Waals surface area contributed by atoms with Gasteiger partial charge in [0, 0.05) is 12.6 Å². The molecule has 0 amide bonds. The molecule has 3 heteroatoms. The summed E-state index contributed by atoms with van der Waals surface area (Å²) in [7, 11) is 0. The van der Waals surface area contributed by atoms with Crippen molar-refractivity contribution in [1.29, 1.82) is 0 Å². The molecule has 1 aromatic rings. The summed E-state index contributed by atoms with van der Waals surface area (Å²) in [6.07, 6.45) is 1.19. The van der Waals surface area contributed by atoms with E-state index in [4.69, 9.17) is 4.74 Å². The molecule has 0 aromatic heterocycles. The van der Waals surface area contributed by atoms with Crippen molar-refractivity contribution >= 4 is 11.4 Å². The Balaban J connectivity index is 2.13. The molecule has 17 heavy (non-hydrogen) atoms. The van der Waals surface area contributed by atoms with Crippen LogP contribution < -0.4 is 15.4 Å². The van der Waals surface area contributed by atoms with Gasteiger partial charge in [-0.1, -0.05) is 19.9 Å². The lowest BCUT2D eigenvalue weighted by molar-refractivity contribution is 0.341. The second kappa shape index (κ2) is 5.30. The van der Waals surface area contributed by atoms with Gasteiger partial charge in [0.1, 0.15) is 11.4 Å². The van der Waals surface area contributed by atoms with Gasteiger partial charge in [0.15, 0.2) is 0 Å². The average Bonchev–Trinajstić information content (AvgIpc) is 2.28.